The van der Waals surface area contributed by atoms with E-state index in [4.69, 9.17) is 5.73 Å². The first-order valence-corrected chi connectivity index (χ1v) is 8.57. The summed E-state index contributed by atoms with van der Waals surface area (Å²) >= 11 is 0. The van der Waals surface area contributed by atoms with Crippen LogP contribution in [0, 0.1) is 0 Å². The Kier molecular flexibility index (Phi) is 3.77. The van der Waals surface area contributed by atoms with Gasteiger partial charge in [0, 0.05) is 37.1 Å². The lowest BCUT2D eigenvalue weighted by atomic mass is 9.77. The molecule has 6 heteroatoms. The molecule has 1 spiro atoms. The molecule has 4 rings (SSSR count). The molecule has 1 saturated heterocycles. The van der Waals surface area contributed by atoms with Gasteiger partial charge in [-0.1, -0.05) is 0 Å². The zero-order chi connectivity index (χ0) is 15.7. The van der Waals surface area contributed by atoms with Crippen LogP contribution in [0.15, 0.2) is 24.7 Å². The minimum atomic E-state index is 0.205. The number of hydrogen-bond donors (Lipinski definition) is 1. The molecule has 2 N–H and O–H groups in total. The van der Waals surface area contributed by atoms with Crippen molar-refractivity contribution in [3.8, 4) is 0 Å². The van der Waals surface area contributed by atoms with Gasteiger partial charge in [-0.25, -0.2) is 9.97 Å². The monoisotopic (exact) mass is 312 g/mol. The highest BCUT2D eigenvalue weighted by Crippen LogP contribution is 2.43. The van der Waals surface area contributed by atoms with Crippen LogP contribution in [0.5, 0.6) is 0 Å². The van der Waals surface area contributed by atoms with Gasteiger partial charge in [0.1, 0.15) is 0 Å². The van der Waals surface area contributed by atoms with Gasteiger partial charge in [-0.3, -0.25) is 4.68 Å². The lowest BCUT2D eigenvalue weighted by molar-refractivity contribution is 0.140. The quantitative estimate of drug-likeness (QED) is 0.929. The van der Waals surface area contributed by atoms with E-state index >= 15 is 0 Å². The van der Waals surface area contributed by atoms with Crippen molar-refractivity contribution < 1.29 is 0 Å². The van der Waals surface area contributed by atoms with Gasteiger partial charge >= 0.3 is 0 Å². The molecule has 122 valence electrons. The molecule has 0 saturated carbocycles. The van der Waals surface area contributed by atoms with E-state index in [2.05, 4.69) is 20.0 Å². The normalized spacial score (nSPS) is 24.2. The third kappa shape index (κ3) is 2.83. The molecular weight excluding hydrogens is 288 g/mol. The Labute approximate surface area is 136 Å². The largest absolute Gasteiger partial charge is 0.368 e. The van der Waals surface area contributed by atoms with Crippen LogP contribution in [0.2, 0.25) is 0 Å². The summed E-state index contributed by atoms with van der Waals surface area (Å²) in [6, 6.07) is 1.98. The highest BCUT2D eigenvalue weighted by atomic mass is 15.3. The molecule has 0 aromatic carbocycles. The fraction of sp³-hybridized carbons (Fsp3) is 0.588. The van der Waals surface area contributed by atoms with Crippen molar-refractivity contribution >= 4 is 5.95 Å². The summed E-state index contributed by atoms with van der Waals surface area (Å²) in [4.78, 5) is 11.4. The summed E-state index contributed by atoms with van der Waals surface area (Å²) in [7, 11) is 0. The zero-order valence-corrected chi connectivity index (χ0v) is 13.5. The molecule has 1 aliphatic heterocycles. The van der Waals surface area contributed by atoms with E-state index in [-0.39, 0.29) is 5.41 Å². The van der Waals surface area contributed by atoms with Crippen LogP contribution in [0.1, 0.15) is 36.9 Å². The van der Waals surface area contributed by atoms with Crippen LogP contribution in [0.25, 0.3) is 0 Å². The minimum absolute atomic E-state index is 0.205. The molecule has 6 nitrogen and oxygen atoms in total. The Morgan fingerprint density at radius 3 is 3.09 bits per heavy atom. The average molecular weight is 312 g/mol. The van der Waals surface area contributed by atoms with E-state index in [1.807, 2.05) is 29.3 Å². The maximum absolute atomic E-state index is 5.84. The molecule has 1 fully saturated rings. The molecule has 1 unspecified atom stereocenters. The Morgan fingerprint density at radius 2 is 2.22 bits per heavy atom. The number of nitrogens with two attached hydrogens (primary N) is 1. The van der Waals surface area contributed by atoms with Gasteiger partial charge in [-0.15, -0.1) is 0 Å². The SMILES string of the molecule is Nc1ncc2c(n1)C1(CCCN(CCCn3cccn3)C1)CC2. The molecule has 0 amide bonds. The Hall–Kier alpha value is -1.95. The number of anilines is 1. The summed E-state index contributed by atoms with van der Waals surface area (Å²) < 4.78 is 2.01. The van der Waals surface area contributed by atoms with Gasteiger partial charge in [0.15, 0.2) is 0 Å². The number of fused-ring (bicyclic) bond motifs is 2. The predicted molar refractivity (Wildman–Crippen MR) is 89.0 cm³/mol. The molecule has 2 aromatic rings. The van der Waals surface area contributed by atoms with Crippen molar-refractivity contribution in [3.63, 3.8) is 0 Å². The molecule has 1 atom stereocenters. The standard InChI is InChI=1S/C17H24N6/c18-16-19-12-14-4-6-17(15(14)21-16)5-1-8-22(13-17)9-3-11-23-10-2-7-20-23/h2,7,10,12H,1,3-6,8-9,11,13H2,(H2,18,19,21). The van der Waals surface area contributed by atoms with Gasteiger partial charge in [0.2, 0.25) is 5.95 Å². The fourth-order valence-electron chi connectivity index (χ4n) is 4.26. The molecule has 2 aliphatic rings. The van der Waals surface area contributed by atoms with E-state index in [0.717, 1.165) is 32.5 Å². The lowest BCUT2D eigenvalue weighted by Gasteiger charge is -2.40. The summed E-state index contributed by atoms with van der Waals surface area (Å²) in [5, 5.41) is 4.28. The highest BCUT2D eigenvalue weighted by Gasteiger charge is 2.43. The van der Waals surface area contributed by atoms with Crippen molar-refractivity contribution in [2.45, 2.75) is 44.1 Å². The van der Waals surface area contributed by atoms with E-state index in [1.54, 1.807) is 0 Å². The minimum Gasteiger partial charge on any atom is -0.368 e. The maximum Gasteiger partial charge on any atom is 0.220 e. The summed E-state index contributed by atoms with van der Waals surface area (Å²) in [6.45, 7) is 4.41. The Bertz CT molecular complexity index is 664. The summed E-state index contributed by atoms with van der Waals surface area (Å²) in [6.07, 6.45) is 11.7. The van der Waals surface area contributed by atoms with E-state index in [1.165, 1.54) is 37.1 Å². The molecule has 3 heterocycles. The van der Waals surface area contributed by atoms with Crippen molar-refractivity contribution in [2.24, 2.45) is 0 Å². The summed E-state index contributed by atoms with van der Waals surface area (Å²) in [5.41, 5.74) is 8.58. The number of rotatable bonds is 4. The van der Waals surface area contributed by atoms with Crippen LogP contribution in [0.3, 0.4) is 0 Å². The molecule has 23 heavy (non-hydrogen) atoms. The second-order valence-electron chi connectivity index (χ2n) is 6.88. The van der Waals surface area contributed by atoms with E-state index in [9.17, 15) is 0 Å². The fourth-order valence-corrected chi connectivity index (χ4v) is 4.26. The van der Waals surface area contributed by atoms with Crippen LogP contribution in [-0.2, 0) is 18.4 Å². The molecular formula is C17H24N6. The molecule has 0 radical (unpaired) electrons. The van der Waals surface area contributed by atoms with Gasteiger partial charge in [-0.2, -0.15) is 5.10 Å². The second kappa shape index (κ2) is 5.92. The number of nitrogens with zero attached hydrogens (tertiary/aromatic N) is 5. The van der Waals surface area contributed by atoms with E-state index in [0.29, 0.717) is 5.95 Å². The number of hydrogen-bond acceptors (Lipinski definition) is 5. The number of aromatic nitrogens is 4. The maximum atomic E-state index is 5.84. The zero-order valence-electron chi connectivity index (χ0n) is 13.5. The third-order valence-electron chi connectivity index (χ3n) is 5.34. The first kappa shape index (κ1) is 14.6. The summed E-state index contributed by atoms with van der Waals surface area (Å²) in [5.74, 6) is 0.417. The van der Waals surface area contributed by atoms with Gasteiger partial charge in [0.25, 0.3) is 0 Å². The highest BCUT2D eigenvalue weighted by molar-refractivity contribution is 5.37. The van der Waals surface area contributed by atoms with Crippen LogP contribution in [0.4, 0.5) is 5.95 Å². The molecule has 1 aliphatic carbocycles. The van der Waals surface area contributed by atoms with Gasteiger partial charge in [-0.05, 0) is 56.8 Å². The van der Waals surface area contributed by atoms with Crippen LogP contribution < -0.4 is 5.73 Å². The Morgan fingerprint density at radius 1 is 1.26 bits per heavy atom. The average Bonchev–Trinajstić information content (AvgIpc) is 3.18. The Balaban J connectivity index is 1.43. The van der Waals surface area contributed by atoms with Crippen molar-refractivity contribution in [1.82, 2.24) is 24.6 Å². The lowest BCUT2D eigenvalue weighted by Crippen LogP contribution is -2.45. The molecule has 0 bridgehead atoms. The topological polar surface area (TPSA) is 72.9 Å². The third-order valence-corrected chi connectivity index (χ3v) is 5.34. The number of likely N-dealkylation sites (tertiary alicyclic amines) is 1. The second-order valence-corrected chi connectivity index (χ2v) is 6.88. The van der Waals surface area contributed by atoms with Crippen molar-refractivity contribution in [3.05, 3.63) is 35.9 Å². The predicted octanol–water partition coefficient (Wildman–Crippen LogP) is 1.63. The van der Waals surface area contributed by atoms with Crippen LogP contribution in [-0.4, -0.2) is 44.3 Å². The van der Waals surface area contributed by atoms with Crippen molar-refractivity contribution in [2.75, 3.05) is 25.4 Å². The number of aryl methyl sites for hydroxylation is 2. The van der Waals surface area contributed by atoms with E-state index < -0.39 is 0 Å². The van der Waals surface area contributed by atoms with Crippen LogP contribution >= 0.6 is 0 Å². The smallest absolute Gasteiger partial charge is 0.220 e. The first-order valence-electron chi connectivity index (χ1n) is 8.57. The number of nitrogen functional groups attached to an aromatic ring is 1. The first-order chi connectivity index (χ1) is 11.3. The molecule has 2 aromatic heterocycles. The number of piperidine rings is 1. The van der Waals surface area contributed by atoms with Gasteiger partial charge < -0.3 is 10.6 Å². The van der Waals surface area contributed by atoms with Crippen molar-refractivity contribution in [1.29, 1.82) is 0 Å². The van der Waals surface area contributed by atoms with Gasteiger partial charge in [0.05, 0.1) is 5.69 Å².